The van der Waals surface area contributed by atoms with Crippen molar-refractivity contribution in [2.75, 3.05) is 18.9 Å². The summed E-state index contributed by atoms with van der Waals surface area (Å²) in [7, 11) is 0. The molecule has 5 heteroatoms. The summed E-state index contributed by atoms with van der Waals surface area (Å²) >= 11 is 0. The molecule has 5 N–H and O–H groups in total. The number of anilines is 1. The van der Waals surface area contributed by atoms with E-state index in [0.29, 0.717) is 24.2 Å². The number of carbonyl (C=O) groups excluding carboxylic acids is 1. The number of rotatable bonds is 5. The zero-order valence-electron chi connectivity index (χ0n) is 10.1. The Balaban J connectivity index is 2.08. The standard InChI is InChI=1S/C13H17N3O2/c14-9-3-4-10-11(8-16-12(10)7-9)13(18)15-5-1-2-6-17/h3-4,7-8,16-17H,1-2,5-6,14H2,(H,15,18). The van der Waals surface area contributed by atoms with E-state index in [-0.39, 0.29) is 12.5 Å². The molecule has 1 heterocycles. The third-order valence-corrected chi connectivity index (χ3v) is 2.82. The van der Waals surface area contributed by atoms with Gasteiger partial charge < -0.3 is 21.1 Å². The quantitative estimate of drug-likeness (QED) is 0.473. The molecule has 18 heavy (non-hydrogen) atoms. The third kappa shape index (κ3) is 2.62. The predicted octanol–water partition coefficient (Wildman–Crippen LogP) is 1.25. The number of hydrogen-bond acceptors (Lipinski definition) is 3. The van der Waals surface area contributed by atoms with E-state index in [1.807, 2.05) is 6.07 Å². The Morgan fingerprint density at radius 3 is 3.00 bits per heavy atom. The van der Waals surface area contributed by atoms with Gasteiger partial charge >= 0.3 is 0 Å². The van der Waals surface area contributed by atoms with Crippen LogP contribution in [0, 0.1) is 0 Å². The monoisotopic (exact) mass is 247 g/mol. The largest absolute Gasteiger partial charge is 0.399 e. The Hall–Kier alpha value is -2.01. The van der Waals surface area contributed by atoms with Gasteiger partial charge in [-0.05, 0) is 31.0 Å². The number of benzene rings is 1. The summed E-state index contributed by atoms with van der Waals surface area (Å²) in [4.78, 5) is 15.0. The molecule has 0 saturated carbocycles. The number of aromatic amines is 1. The van der Waals surface area contributed by atoms with Gasteiger partial charge in [0, 0.05) is 35.9 Å². The van der Waals surface area contributed by atoms with Crippen molar-refractivity contribution in [3.8, 4) is 0 Å². The zero-order chi connectivity index (χ0) is 13.0. The van der Waals surface area contributed by atoms with Crippen molar-refractivity contribution in [1.82, 2.24) is 10.3 Å². The van der Waals surface area contributed by atoms with E-state index >= 15 is 0 Å². The summed E-state index contributed by atoms with van der Waals surface area (Å²) in [5.74, 6) is -0.107. The van der Waals surface area contributed by atoms with E-state index in [1.165, 1.54) is 0 Å². The average Bonchev–Trinajstić information content (AvgIpc) is 2.77. The number of nitrogen functional groups attached to an aromatic ring is 1. The second-order valence-corrected chi connectivity index (χ2v) is 4.19. The van der Waals surface area contributed by atoms with E-state index in [0.717, 1.165) is 17.3 Å². The van der Waals surface area contributed by atoms with Crippen LogP contribution in [-0.2, 0) is 0 Å². The maximum atomic E-state index is 11.9. The van der Waals surface area contributed by atoms with Crippen molar-refractivity contribution in [2.45, 2.75) is 12.8 Å². The van der Waals surface area contributed by atoms with Crippen molar-refractivity contribution in [2.24, 2.45) is 0 Å². The number of amides is 1. The number of carbonyl (C=O) groups is 1. The van der Waals surface area contributed by atoms with Crippen molar-refractivity contribution < 1.29 is 9.90 Å². The SMILES string of the molecule is Nc1ccc2c(C(=O)NCCCCO)c[nH]c2c1. The molecule has 0 spiro atoms. The summed E-state index contributed by atoms with van der Waals surface area (Å²) in [6.45, 7) is 0.725. The average molecular weight is 247 g/mol. The van der Waals surface area contributed by atoms with Gasteiger partial charge in [-0.2, -0.15) is 0 Å². The molecule has 0 fully saturated rings. The first kappa shape index (κ1) is 12.4. The third-order valence-electron chi connectivity index (χ3n) is 2.82. The molecule has 0 radical (unpaired) electrons. The van der Waals surface area contributed by atoms with Gasteiger partial charge in [-0.25, -0.2) is 0 Å². The second-order valence-electron chi connectivity index (χ2n) is 4.19. The molecule has 1 amide bonds. The van der Waals surface area contributed by atoms with Crippen molar-refractivity contribution in [1.29, 1.82) is 0 Å². The molecular formula is C13H17N3O2. The van der Waals surface area contributed by atoms with Gasteiger partial charge in [-0.15, -0.1) is 0 Å². The van der Waals surface area contributed by atoms with Crippen LogP contribution in [-0.4, -0.2) is 29.1 Å². The number of aromatic nitrogens is 1. The van der Waals surface area contributed by atoms with Crippen LogP contribution in [0.3, 0.4) is 0 Å². The number of aliphatic hydroxyl groups excluding tert-OH is 1. The molecule has 0 bridgehead atoms. The first-order chi connectivity index (χ1) is 8.72. The number of nitrogens with two attached hydrogens (primary N) is 1. The fraction of sp³-hybridized carbons (Fsp3) is 0.308. The minimum atomic E-state index is -0.107. The fourth-order valence-electron chi connectivity index (χ4n) is 1.87. The number of fused-ring (bicyclic) bond motifs is 1. The van der Waals surface area contributed by atoms with E-state index in [4.69, 9.17) is 10.8 Å². The van der Waals surface area contributed by atoms with Gasteiger partial charge in [0.15, 0.2) is 0 Å². The lowest BCUT2D eigenvalue weighted by molar-refractivity contribution is 0.0954. The van der Waals surface area contributed by atoms with Crippen LogP contribution in [0.15, 0.2) is 24.4 Å². The number of nitrogens with one attached hydrogen (secondary N) is 2. The Morgan fingerprint density at radius 1 is 1.39 bits per heavy atom. The van der Waals surface area contributed by atoms with Crippen LogP contribution in [0.1, 0.15) is 23.2 Å². The second kappa shape index (κ2) is 5.55. The molecule has 0 unspecified atom stereocenters. The summed E-state index contributed by atoms with van der Waals surface area (Å²) in [6, 6.07) is 5.42. The highest BCUT2D eigenvalue weighted by atomic mass is 16.2. The molecule has 0 saturated heterocycles. The maximum absolute atomic E-state index is 11.9. The highest BCUT2D eigenvalue weighted by molar-refractivity contribution is 6.07. The van der Waals surface area contributed by atoms with Crippen LogP contribution in [0.25, 0.3) is 10.9 Å². The van der Waals surface area contributed by atoms with Crippen molar-refractivity contribution in [3.63, 3.8) is 0 Å². The van der Waals surface area contributed by atoms with Crippen molar-refractivity contribution >= 4 is 22.5 Å². The van der Waals surface area contributed by atoms with Gasteiger partial charge in [0.25, 0.3) is 5.91 Å². The Labute approximate surface area is 105 Å². The zero-order valence-corrected chi connectivity index (χ0v) is 10.1. The van der Waals surface area contributed by atoms with Crippen LogP contribution < -0.4 is 11.1 Å². The summed E-state index contributed by atoms with van der Waals surface area (Å²) < 4.78 is 0. The maximum Gasteiger partial charge on any atom is 0.253 e. The Kier molecular flexibility index (Phi) is 3.84. The molecule has 96 valence electrons. The molecule has 1 aromatic heterocycles. The van der Waals surface area contributed by atoms with Crippen LogP contribution in [0.4, 0.5) is 5.69 Å². The molecule has 5 nitrogen and oxygen atoms in total. The molecule has 2 aromatic rings. The first-order valence-electron chi connectivity index (χ1n) is 5.98. The van der Waals surface area contributed by atoms with E-state index in [9.17, 15) is 4.79 Å². The molecule has 0 aliphatic heterocycles. The highest BCUT2D eigenvalue weighted by Gasteiger charge is 2.11. The lowest BCUT2D eigenvalue weighted by atomic mass is 10.1. The highest BCUT2D eigenvalue weighted by Crippen LogP contribution is 2.20. The lowest BCUT2D eigenvalue weighted by Gasteiger charge is -2.03. The molecular weight excluding hydrogens is 230 g/mol. The van der Waals surface area contributed by atoms with Gasteiger partial charge in [0.05, 0.1) is 5.56 Å². The fourth-order valence-corrected chi connectivity index (χ4v) is 1.87. The molecule has 0 aliphatic carbocycles. The lowest BCUT2D eigenvalue weighted by Crippen LogP contribution is -2.24. The molecule has 1 aromatic carbocycles. The Morgan fingerprint density at radius 2 is 2.22 bits per heavy atom. The van der Waals surface area contributed by atoms with Crippen LogP contribution in [0.2, 0.25) is 0 Å². The van der Waals surface area contributed by atoms with E-state index in [1.54, 1.807) is 18.3 Å². The Bertz CT molecular complexity index is 548. The smallest absolute Gasteiger partial charge is 0.253 e. The van der Waals surface area contributed by atoms with Crippen molar-refractivity contribution in [3.05, 3.63) is 30.0 Å². The number of aliphatic hydroxyl groups is 1. The summed E-state index contributed by atoms with van der Waals surface area (Å²) in [5.41, 5.74) is 7.82. The number of H-pyrrole nitrogens is 1. The topological polar surface area (TPSA) is 91.1 Å². The summed E-state index contributed by atoms with van der Waals surface area (Å²) in [5, 5.41) is 12.3. The van der Waals surface area contributed by atoms with Gasteiger partial charge in [0.1, 0.15) is 0 Å². The van der Waals surface area contributed by atoms with Gasteiger partial charge in [-0.3, -0.25) is 4.79 Å². The first-order valence-corrected chi connectivity index (χ1v) is 5.98. The molecule has 0 aliphatic rings. The number of unbranched alkanes of at least 4 members (excludes halogenated alkanes) is 1. The van der Waals surface area contributed by atoms with Gasteiger partial charge in [0.2, 0.25) is 0 Å². The van der Waals surface area contributed by atoms with E-state index < -0.39 is 0 Å². The minimum Gasteiger partial charge on any atom is -0.399 e. The van der Waals surface area contributed by atoms with E-state index in [2.05, 4.69) is 10.3 Å². The van der Waals surface area contributed by atoms with Crippen LogP contribution in [0.5, 0.6) is 0 Å². The van der Waals surface area contributed by atoms with Crippen LogP contribution >= 0.6 is 0 Å². The molecule has 2 rings (SSSR count). The summed E-state index contributed by atoms with van der Waals surface area (Å²) in [6.07, 6.45) is 3.16. The normalized spacial score (nSPS) is 10.7. The molecule has 0 atom stereocenters. The van der Waals surface area contributed by atoms with Gasteiger partial charge in [-0.1, -0.05) is 0 Å². The number of hydrogen-bond donors (Lipinski definition) is 4. The predicted molar refractivity (Wildman–Crippen MR) is 71.4 cm³/mol. The minimum absolute atomic E-state index is 0.107.